The van der Waals surface area contributed by atoms with Gasteiger partial charge in [-0.05, 0) is 31.9 Å². The molecule has 1 aromatic carbocycles. The van der Waals surface area contributed by atoms with Crippen LogP contribution in [0.25, 0.3) is 0 Å². The van der Waals surface area contributed by atoms with Crippen molar-refractivity contribution in [3.05, 3.63) is 29.6 Å². The van der Waals surface area contributed by atoms with E-state index in [9.17, 15) is 18.0 Å². The second kappa shape index (κ2) is 6.52. The van der Waals surface area contributed by atoms with E-state index in [1.807, 2.05) is 0 Å². The number of amides is 1. The largest absolute Gasteiger partial charge is 0.323 e. The fraction of sp³-hybridized carbons (Fsp3) is 0.500. The van der Waals surface area contributed by atoms with Crippen molar-refractivity contribution in [1.29, 1.82) is 0 Å². The van der Waals surface area contributed by atoms with Gasteiger partial charge in [-0.15, -0.1) is 11.8 Å². The van der Waals surface area contributed by atoms with E-state index in [-0.39, 0.29) is 10.9 Å². The van der Waals surface area contributed by atoms with Crippen molar-refractivity contribution in [2.45, 2.75) is 43.1 Å². The topological polar surface area (TPSA) is 29.1 Å². The van der Waals surface area contributed by atoms with Crippen LogP contribution in [0.3, 0.4) is 0 Å². The van der Waals surface area contributed by atoms with Crippen molar-refractivity contribution < 1.29 is 18.0 Å². The highest BCUT2D eigenvalue weighted by Crippen LogP contribution is 2.32. The first-order valence-corrected chi connectivity index (χ1v) is 7.53. The summed E-state index contributed by atoms with van der Waals surface area (Å²) in [7, 11) is 0. The highest BCUT2D eigenvalue weighted by atomic mass is 32.2. The molecule has 0 aromatic heterocycles. The lowest BCUT2D eigenvalue weighted by Gasteiger charge is -2.16. The molecule has 0 aliphatic heterocycles. The van der Waals surface area contributed by atoms with Crippen molar-refractivity contribution >= 4 is 23.4 Å². The van der Waals surface area contributed by atoms with Gasteiger partial charge >= 0.3 is 0 Å². The maximum atomic E-state index is 13.5. The third-order valence-corrected chi connectivity index (χ3v) is 4.84. The maximum absolute atomic E-state index is 13.5. The molecule has 20 heavy (non-hydrogen) atoms. The van der Waals surface area contributed by atoms with Gasteiger partial charge in [-0.1, -0.05) is 12.8 Å². The normalized spacial score (nSPS) is 17.2. The average molecular weight is 303 g/mol. The molecular formula is C14H16F3NOS. The van der Waals surface area contributed by atoms with Gasteiger partial charge in [0.05, 0.1) is 10.9 Å². The van der Waals surface area contributed by atoms with Crippen LogP contribution in [0.5, 0.6) is 0 Å². The Morgan fingerprint density at radius 3 is 2.55 bits per heavy atom. The van der Waals surface area contributed by atoms with E-state index in [1.54, 1.807) is 18.7 Å². The van der Waals surface area contributed by atoms with Crippen LogP contribution in [0.1, 0.15) is 32.6 Å². The van der Waals surface area contributed by atoms with Gasteiger partial charge in [0.1, 0.15) is 0 Å². The zero-order chi connectivity index (χ0) is 14.7. The van der Waals surface area contributed by atoms with Crippen LogP contribution in [0, 0.1) is 17.5 Å². The maximum Gasteiger partial charge on any atom is 0.237 e. The standard InChI is InChI=1S/C14H16F3NOS/c1-8(20-9-4-2-3-5-9)14(19)18-11-7-6-10(15)12(16)13(11)17/h6-9H,2-5H2,1H3,(H,18,19)/t8-/m1/s1. The Morgan fingerprint density at radius 2 is 1.90 bits per heavy atom. The van der Waals surface area contributed by atoms with Crippen LogP contribution in [-0.2, 0) is 4.79 Å². The van der Waals surface area contributed by atoms with Gasteiger partial charge < -0.3 is 5.32 Å². The summed E-state index contributed by atoms with van der Waals surface area (Å²) in [4.78, 5) is 11.9. The summed E-state index contributed by atoms with van der Waals surface area (Å²) in [6.07, 6.45) is 4.51. The number of nitrogens with one attached hydrogen (secondary N) is 1. The van der Waals surface area contributed by atoms with Gasteiger partial charge in [-0.3, -0.25) is 4.79 Å². The Balaban J connectivity index is 1.98. The quantitative estimate of drug-likeness (QED) is 0.848. The molecule has 1 fully saturated rings. The molecule has 0 heterocycles. The number of hydrogen-bond donors (Lipinski definition) is 1. The van der Waals surface area contributed by atoms with E-state index in [2.05, 4.69) is 5.32 Å². The molecular weight excluding hydrogens is 287 g/mol. The van der Waals surface area contributed by atoms with E-state index in [4.69, 9.17) is 0 Å². The second-order valence-electron chi connectivity index (χ2n) is 4.90. The molecule has 1 N–H and O–H groups in total. The molecule has 0 saturated heterocycles. The van der Waals surface area contributed by atoms with Crippen molar-refractivity contribution in [3.8, 4) is 0 Å². The van der Waals surface area contributed by atoms with Crippen LogP contribution in [0.2, 0.25) is 0 Å². The minimum absolute atomic E-state index is 0.326. The van der Waals surface area contributed by atoms with Crippen LogP contribution in [-0.4, -0.2) is 16.4 Å². The zero-order valence-corrected chi connectivity index (χ0v) is 11.9. The Bertz CT molecular complexity index is 503. The molecule has 2 rings (SSSR count). The summed E-state index contributed by atoms with van der Waals surface area (Å²) in [5.41, 5.74) is -0.326. The molecule has 1 amide bonds. The number of carbonyl (C=O) groups is 1. The first-order valence-electron chi connectivity index (χ1n) is 6.59. The number of thioether (sulfide) groups is 1. The minimum atomic E-state index is -1.57. The summed E-state index contributed by atoms with van der Waals surface area (Å²) in [6, 6.07) is 1.82. The molecule has 110 valence electrons. The molecule has 1 saturated carbocycles. The smallest absolute Gasteiger partial charge is 0.237 e. The van der Waals surface area contributed by atoms with Crippen LogP contribution < -0.4 is 5.32 Å². The van der Waals surface area contributed by atoms with E-state index in [1.165, 1.54) is 12.8 Å². The number of hydrogen-bond acceptors (Lipinski definition) is 2. The molecule has 0 unspecified atom stereocenters. The molecule has 1 aliphatic rings. The van der Waals surface area contributed by atoms with Crippen LogP contribution in [0.4, 0.5) is 18.9 Å². The van der Waals surface area contributed by atoms with E-state index >= 15 is 0 Å². The molecule has 2 nitrogen and oxygen atoms in total. The van der Waals surface area contributed by atoms with Crippen LogP contribution >= 0.6 is 11.8 Å². The Kier molecular flexibility index (Phi) is 4.96. The minimum Gasteiger partial charge on any atom is -0.323 e. The number of anilines is 1. The number of carbonyl (C=O) groups excluding carboxylic acids is 1. The number of benzene rings is 1. The average Bonchev–Trinajstić information content (AvgIpc) is 2.92. The van der Waals surface area contributed by atoms with Crippen molar-refractivity contribution in [3.63, 3.8) is 0 Å². The number of rotatable bonds is 4. The Hall–Kier alpha value is -1.17. The molecule has 0 bridgehead atoms. The molecule has 0 radical (unpaired) electrons. The lowest BCUT2D eigenvalue weighted by Crippen LogP contribution is -2.25. The summed E-state index contributed by atoms with van der Waals surface area (Å²) >= 11 is 1.55. The lowest BCUT2D eigenvalue weighted by molar-refractivity contribution is -0.115. The monoisotopic (exact) mass is 303 g/mol. The third-order valence-electron chi connectivity index (χ3n) is 3.36. The predicted molar refractivity (Wildman–Crippen MR) is 74.3 cm³/mol. The van der Waals surface area contributed by atoms with Gasteiger partial charge in [0.25, 0.3) is 0 Å². The summed E-state index contributed by atoms with van der Waals surface area (Å²) in [5.74, 6) is -4.60. The van der Waals surface area contributed by atoms with Crippen molar-refractivity contribution in [2.75, 3.05) is 5.32 Å². The van der Waals surface area contributed by atoms with Gasteiger partial charge in [0.2, 0.25) is 5.91 Å². The van der Waals surface area contributed by atoms with Gasteiger partial charge in [-0.2, -0.15) is 0 Å². The van der Waals surface area contributed by atoms with Crippen LogP contribution in [0.15, 0.2) is 12.1 Å². The first kappa shape index (κ1) is 15.2. The summed E-state index contributed by atoms with van der Waals surface area (Å²) in [6.45, 7) is 1.73. The van der Waals surface area contributed by atoms with Gasteiger partial charge in [0, 0.05) is 5.25 Å². The highest BCUT2D eigenvalue weighted by Gasteiger charge is 2.23. The zero-order valence-electron chi connectivity index (χ0n) is 11.1. The lowest BCUT2D eigenvalue weighted by atomic mass is 10.2. The Morgan fingerprint density at radius 1 is 1.25 bits per heavy atom. The predicted octanol–water partition coefficient (Wildman–Crippen LogP) is 4.11. The van der Waals surface area contributed by atoms with Gasteiger partial charge in [-0.25, -0.2) is 13.2 Å². The Labute approximate surface area is 120 Å². The second-order valence-corrected chi connectivity index (χ2v) is 6.54. The summed E-state index contributed by atoms with van der Waals surface area (Å²) < 4.78 is 39.3. The number of halogens is 3. The van der Waals surface area contributed by atoms with E-state index < -0.39 is 23.4 Å². The third kappa shape index (κ3) is 3.48. The van der Waals surface area contributed by atoms with Gasteiger partial charge in [0.15, 0.2) is 17.5 Å². The molecule has 0 spiro atoms. The SMILES string of the molecule is C[C@@H](SC1CCCC1)C(=O)Nc1ccc(F)c(F)c1F. The first-order chi connectivity index (χ1) is 9.49. The summed E-state index contributed by atoms with van der Waals surface area (Å²) in [5, 5.41) is 2.40. The van der Waals surface area contributed by atoms with Crippen molar-refractivity contribution in [1.82, 2.24) is 0 Å². The van der Waals surface area contributed by atoms with Crippen molar-refractivity contribution in [2.24, 2.45) is 0 Å². The van der Waals surface area contributed by atoms with E-state index in [0.29, 0.717) is 5.25 Å². The molecule has 1 atom stereocenters. The molecule has 6 heteroatoms. The molecule has 1 aliphatic carbocycles. The van der Waals surface area contributed by atoms with E-state index in [0.717, 1.165) is 25.0 Å². The fourth-order valence-electron chi connectivity index (χ4n) is 2.23. The fourth-order valence-corrected chi connectivity index (χ4v) is 3.60. The molecule has 1 aromatic rings. The highest BCUT2D eigenvalue weighted by molar-refractivity contribution is 8.01.